The lowest BCUT2D eigenvalue weighted by Crippen LogP contribution is -2.44. The van der Waals surface area contributed by atoms with Crippen molar-refractivity contribution in [1.29, 1.82) is 0 Å². The van der Waals surface area contributed by atoms with Crippen LogP contribution in [0.1, 0.15) is 25.3 Å². The third-order valence-electron chi connectivity index (χ3n) is 5.32. The lowest BCUT2D eigenvalue weighted by atomic mass is 9.99. The van der Waals surface area contributed by atoms with E-state index in [0.717, 1.165) is 30.4 Å². The molecular weight excluding hydrogens is 376 g/mol. The lowest BCUT2D eigenvalue weighted by molar-refractivity contribution is -0.120. The molecule has 0 spiro atoms. The van der Waals surface area contributed by atoms with Crippen LogP contribution in [0.25, 0.3) is 11.1 Å². The van der Waals surface area contributed by atoms with E-state index in [2.05, 4.69) is 12.2 Å². The summed E-state index contributed by atoms with van der Waals surface area (Å²) in [7, 11) is -3.81. The van der Waals surface area contributed by atoms with Crippen LogP contribution in [-0.4, -0.2) is 40.1 Å². The molecule has 0 unspecified atom stereocenters. The fraction of sp³-hybridized carbons (Fsp3) is 0.381. The molecule has 0 aromatic heterocycles. The molecule has 2 aliphatic heterocycles. The number of benzene rings is 2. The van der Waals surface area contributed by atoms with Gasteiger partial charge in [0.2, 0.25) is 5.91 Å². The first-order chi connectivity index (χ1) is 13.5. The highest BCUT2D eigenvalue weighted by Gasteiger charge is 2.36. The van der Waals surface area contributed by atoms with E-state index in [-0.39, 0.29) is 23.5 Å². The molecule has 2 aromatic carbocycles. The fourth-order valence-corrected chi connectivity index (χ4v) is 5.44. The second-order valence-electron chi connectivity index (χ2n) is 7.15. The fourth-order valence-electron chi connectivity index (χ4n) is 3.79. The van der Waals surface area contributed by atoms with Gasteiger partial charge in [-0.15, -0.1) is 0 Å². The maximum absolute atomic E-state index is 13.2. The molecular formula is C21H24N2O4S. The number of sulfonamides is 1. The van der Waals surface area contributed by atoms with Gasteiger partial charge in [-0.1, -0.05) is 31.2 Å². The summed E-state index contributed by atoms with van der Waals surface area (Å²) in [4.78, 5) is 12.8. The zero-order valence-corrected chi connectivity index (χ0v) is 16.7. The van der Waals surface area contributed by atoms with Crippen LogP contribution < -0.4 is 9.62 Å². The molecule has 2 aliphatic rings. The van der Waals surface area contributed by atoms with Gasteiger partial charge in [0.25, 0.3) is 10.0 Å². The van der Waals surface area contributed by atoms with E-state index in [1.165, 1.54) is 4.31 Å². The lowest BCUT2D eigenvalue weighted by Gasteiger charge is -2.32. The van der Waals surface area contributed by atoms with Gasteiger partial charge in [-0.25, -0.2) is 8.42 Å². The van der Waals surface area contributed by atoms with Crippen molar-refractivity contribution in [2.45, 2.75) is 37.2 Å². The number of hydrogen-bond acceptors (Lipinski definition) is 4. The number of amides is 1. The summed E-state index contributed by atoms with van der Waals surface area (Å²) in [6, 6.07) is 12.7. The monoisotopic (exact) mass is 400 g/mol. The van der Waals surface area contributed by atoms with Crippen molar-refractivity contribution in [1.82, 2.24) is 5.32 Å². The summed E-state index contributed by atoms with van der Waals surface area (Å²) in [5, 5.41) is 2.82. The number of aryl methyl sites for hydroxylation is 1. The van der Waals surface area contributed by atoms with Gasteiger partial charge in [-0.05, 0) is 43.0 Å². The predicted molar refractivity (Wildman–Crippen MR) is 108 cm³/mol. The van der Waals surface area contributed by atoms with E-state index in [1.807, 2.05) is 24.3 Å². The summed E-state index contributed by atoms with van der Waals surface area (Å²) < 4.78 is 33.2. The molecule has 0 bridgehead atoms. The number of rotatable bonds is 5. The summed E-state index contributed by atoms with van der Waals surface area (Å²) in [6.45, 7) is 2.93. The van der Waals surface area contributed by atoms with Gasteiger partial charge in [0, 0.05) is 24.3 Å². The average molecular weight is 401 g/mol. The topological polar surface area (TPSA) is 75.7 Å². The normalized spacial score (nSPS) is 19.8. The minimum atomic E-state index is -3.81. The molecule has 28 heavy (non-hydrogen) atoms. The molecule has 2 aromatic rings. The Morgan fingerprint density at radius 3 is 2.79 bits per heavy atom. The van der Waals surface area contributed by atoms with E-state index in [1.54, 1.807) is 18.2 Å². The van der Waals surface area contributed by atoms with Crippen LogP contribution in [0.3, 0.4) is 0 Å². The van der Waals surface area contributed by atoms with Crippen molar-refractivity contribution in [2.24, 2.45) is 0 Å². The first kappa shape index (κ1) is 19.0. The van der Waals surface area contributed by atoms with Gasteiger partial charge in [-0.2, -0.15) is 0 Å². The zero-order valence-electron chi connectivity index (χ0n) is 15.8. The van der Waals surface area contributed by atoms with E-state index in [0.29, 0.717) is 24.4 Å². The van der Waals surface area contributed by atoms with Crippen LogP contribution in [0, 0.1) is 0 Å². The van der Waals surface area contributed by atoms with Crippen molar-refractivity contribution in [3.8, 4) is 11.1 Å². The summed E-state index contributed by atoms with van der Waals surface area (Å²) >= 11 is 0. The smallest absolute Gasteiger partial charge is 0.265 e. The van der Waals surface area contributed by atoms with Crippen LogP contribution in [0.4, 0.5) is 5.69 Å². The Hall–Kier alpha value is -2.38. The maximum Gasteiger partial charge on any atom is 0.265 e. The Balaban J connectivity index is 1.66. The van der Waals surface area contributed by atoms with Gasteiger partial charge >= 0.3 is 0 Å². The van der Waals surface area contributed by atoms with Crippen LogP contribution in [0.2, 0.25) is 0 Å². The predicted octanol–water partition coefficient (Wildman–Crippen LogP) is 2.72. The Morgan fingerprint density at radius 2 is 2.04 bits per heavy atom. The molecule has 1 N–H and O–H groups in total. The maximum atomic E-state index is 13.2. The highest BCUT2D eigenvalue weighted by molar-refractivity contribution is 7.93. The molecule has 0 aliphatic carbocycles. The minimum absolute atomic E-state index is 0.0158. The third-order valence-corrected chi connectivity index (χ3v) is 7.14. The summed E-state index contributed by atoms with van der Waals surface area (Å²) in [6.07, 6.45) is 2.77. The number of carbonyl (C=O) groups excluding carboxylic acids is 1. The molecule has 1 atom stereocenters. The molecule has 1 fully saturated rings. The molecule has 0 radical (unpaired) electrons. The first-order valence-corrected chi connectivity index (χ1v) is 11.1. The Morgan fingerprint density at radius 1 is 1.21 bits per heavy atom. The second kappa shape index (κ2) is 7.56. The average Bonchev–Trinajstić information content (AvgIpc) is 3.23. The van der Waals surface area contributed by atoms with Crippen LogP contribution in [0.15, 0.2) is 47.4 Å². The highest BCUT2D eigenvalue weighted by atomic mass is 32.2. The number of nitrogens with one attached hydrogen (secondary N) is 1. The Kier molecular flexibility index (Phi) is 5.12. The van der Waals surface area contributed by atoms with E-state index >= 15 is 0 Å². The standard InChI is InChI=1S/C21H24N2O4S/c1-2-15-9-10-19-18(12-15)17-7-3-4-8-20(17)28(25,26)23(19)14-21(24)22-13-16-6-5-11-27-16/h3-4,7-10,12,16H,2,5-6,11,13-14H2,1H3,(H,22,24)/t16-/m1/s1. The van der Waals surface area contributed by atoms with E-state index < -0.39 is 10.0 Å². The number of hydrogen-bond donors (Lipinski definition) is 1. The van der Waals surface area contributed by atoms with Gasteiger partial charge in [0.15, 0.2) is 0 Å². The molecule has 6 nitrogen and oxygen atoms in total. The highest BCUT2D eigenvalue weighted by Crippen LogP contribution is 2.43. The molecule has 1 amide bonds. The van der Waals surface area contributed by atoms with Crippen LogP contribution >= 0.6 is 0 Å². The van der Waals surface area contributed by atoms with Crippen molar-refractivity contribution in [2.75, 3.05) is 24.0 Å². The van der Waals surface area contributed by atoms with Crippen molar-refractivity contribution >= 4 is 21.6 Å². The number of carbonyl (C=O) groups is 1. The van der Waals surface area contributed by atoms with Crippen molar-refractivity contribution in [3.05, 3.63) is 48.0 Å². The third kappa shape index (κ3) is 3.40. The number of nitrogens with zero attached hydrogens (tertiary/aromatic N) is 1. The number of ether oxygens (including phenoxy) is 1. The van der Waals surface area contributed by atoms with Gasteiger partial charge in [0.1, 0.15) is 6.54 Å². The van der Waals surface area contributed by atoms with E-state index in [9.17, 15) is 13.2 Å². The number of anilines is 1. The summed E-state index contributed by atoms with van der Waals surface area (Å²) in [5.41, 5.74) is 3.19. The largest absolute Gasteiger partial charge is 0.376 e. The molecule has 148 valence electrons. The van der Waals surface area contributed by atoms with Crippen LogP contribution in [0.5, 0.6) is 0 Å². The van der Waals surface area contributed by atoms with Gasteiger partial charge in [-0.3, -0.25) is 9.10 Å². The number of fused-ring (bicyclic) bond motifs is 3. The Labute approximate surface area is 165 Å². The van der Waals surface area contributed by atoms with E-state index in [4.69, 9.17) is 4.74 Å². The quantitative estimate of drug-likeness (QED) is 0.837. The minimum Gasteiger partial charge on any atom is -0.376 e. The van der Waals surface area contributed by atoms with Gasteiger partial charge in [0.05, 0.1) is 16.7 Å². The van der Waals surface area contributed by atoms with Gasteiger partial charge < -0.3 is 10.1 Å². The van der Waals surface area contributed by atoms with Crippen molar-refractivity contribution in [3.63, 3.8) is 0 Å². The first-order valence-electron chi connectivity index (χ1n) is 9.64. The molecule has 7 heteroatoms. The zero-order chi connectivity index (χ0) is 19.7. The summed E-state index contributed by atoms with van der Waals surface area (Å²) in [5.74, 6) is -0.330. The second-order valence-corrected chi connectivity index (χ2v) is 8.98. The van der Waals surface area contributed by atoms with Crippen molar-refractivity contribution < 1.29 is 17.9 Å². The van der Waals surface area contributed by atoms with Crippen LogP contribution in [-0.2, 0) is 26.0 Å². The Bertz CT molecular complexity index is 997. The SMILES string of the molecule is CCc1ccc2c(c1)-c1ccccc1S(=O)(=O)N2CC(=O)NC[C@H]1CCCO1. The molecule has 0 saturated carbocycles. The molecule has 2 heterocycles. The molecule has 4 rings (SSSR count). The molecule has 1 saturated heterocycles.